The van der Waals surface area contributed by atoms with Crippen LogP contribution in [0.25, 0.3) is 22.3 Å². The van der Waals surface area contributed by atoms with Crippen LogP contribution in [0.2, 0.25) is 0 Å². The number of fused-ring (bicyclic) bond motifs is 1. The minimum Gasteiger partial charge on any atom is -0.459 e. The molecule has 1 aliphatic heterocycles. The molecule has 0 bridgehead atoms. The van der Waals surface area contributed by atoms with E-state index in [9.17, 15) is 4.79 Å². The van der Waals surface area contributed by atoms with Gasteiger partial charge >= 0.3 is 5.97 Å². The first kappa shape index (κ1) is 22.2. The topological polar surface area (TPSA) is 43.2 Å². The lowest BCUT2D eigenvalue weighted by atomic mass is 9.99. The lowest BCUT2D eigenvalue weighted by molar-refractivity contribution is 0.0377. The van der Waals surface area contributed by atoms with Crippen molar-refractivity contribution in [3.8, 4) is 11.1 Å². The minimum absolute atomic E-state index is 0.185. The lowest BCUT2D eigenvalue weighted by Crippen LogP contribution is -2.35. The van der Waals surface area contributed by atoms with E-state index in [2.05, 4.69) is 60.2 Å². The van der Waals surface area contributed by atoms with Gasteiger partial charge in [0.15, 0.2) is 0 Å². The highest BCUT2D eigenvalue weighted by Gasteiger charge is 2.24. The van der Waals surface area contributed by atoms with E-state index in [1.54, 1.807) is 0 Å². The van der Waals surface area contributed by atoms with Crippen molar-refractivity contribution in [2.75, 3.05) is 26.3 Å². The molecule has 4 rings (SSSR count). The highest BCUT2D eigenvalue weighted by atomic mass is 16.5. The van der Waals surface area contributed by atoms with Gasteiger partial charge in [0.05, 0.1) is 41.8 Å². The molecule has 5 nitrogen and oxygen atoms in total. The van der Waals surface area contributed by atoms with Crippen molar-refractivity contribution in [1.82, 2.24) is 9.30 Å². The molecule has 0 spiro atoms. The molecule has 2 aromatic heterocycles. The maximum Gasteiger partial charge on any atom is 0.338 e. The maximum atomic E-state index is 13.1. The summed E-state index contributed by atoms with van der Waals surface area (Å²) in [6.07, 6.45) is 1.89. The molecular formula is C27H32N2O3. The number of morpholine rings is 1. The molecule has 3 aromatic rings. The van der Waals surface area contributed by atoms with Gasteiger partial charge in [0.2, 0.25) is 0 Å². The fraction of sp³-hybridized carbons (Fsp3) is 0.370. The van der Waals surface area contributed by atoms with E-state index >= 15 is 0 Å². The Labute approximate surface area is 190 Å². The number of ether oxygens (including phenoxy) is 2. The smallest absolute Gasteiger partial charge is 0.338 e. The average Bonchev–Trinajstić information content (AvgIpc) is 3.15. The molecule has 1 saturated heterocycles. The lowest BCUT2D eigenvalue weighted by Gasteiger charge is -2.32. The van der Waals surface area contributed by atoms with Crippen molar-refractivity contribution in [3.05, 3.63) is 71.1 Å². The summed E-state index contributed by atoms with van der Waals surface area (Å²) in [5.41, 5.74) is 8.93. The zero-order valence-electron chi connectivity index (χ0n) is 19.7. The monoisotopic (exact) mass is 432 g/mol. The average molecular weight is 433 g/mol. The molecule has 0 amide bonds. The number of carbonyl (C=O) groups is 1. The third kappa shape index (κ3) is 4.17. The zero-order chi connectivity index (χ0) is 23.0. The Kier molecular flexibility index (Phi) is 6.11. The van der Waals surface area contributed by atoms with Crippen molar-refractivity contribution >= 4 is 17.2 Å². The van der Waals surface area contributed by atoms with Gasteiger partial charge in [-0.05, 0) is 57.9 Å². The van der Waals surface area contributed by atoms with Crippen LogP contribution in [0.4, 0.5) is 0 Å². The van der Waals surface area contributed by atoms with Gasteiger partial charge in [-0.25, -0.2) is 4.79 Å². The van der Waals surface area contributed by atoms with Gasteiger partial charge < -0.3 is 18.8 Å². The third-order valence-corrected chi connectivity index (χ3v) is 5.97. The van der Waals surface area contributed by atoms with E-state index in [4.69, 9.17) is 9.47 Å². The molecule has 5 heteroatoms. The van der Waals surface area contributed by atoms with Crippen LogP contribution in [0.1, 0.15) is 46.6 Å². The SMILES string of the molecule is C=C(c1c(C)c(C(=O)OC(C)C)cc2c(-c3cc(C)cc(C)c3)ccn12)N1CCOCC1. The van der Waals surface area contributed by atoms with Crippen LogP contribution in [0, 0.1) is 20.8 Å². The number of aromatic nitrogens is 1. The molecular weight excluding hydrogens is 400 g/mol. The predicted molar refractivity (Wildman–Crippen MR) is 129 cm³/mol. The summed E-state index contributed by atoms with van der Waals surface area (Å²) in [6, 6.07) is 10.6. The van der Waals surface area contributed by atoms with Crippen molar-refractivity contribution < 1.29 is 14.3 Å². The Bertz CT molecular complexity index is 1160. The fourth-order valence-electron chi connectivity index (χ4n) is 4.54. The van der Waals surface area contributed by atoms with Gasteiger partial charge in [0.1, 0.15) is 0 Å². The normalized spacial score (nSPS) is 14.2. The quantitative estimate of drug-likeness (QED) is 0.507. The first-order valence-corrected chi connectivity index (χ1v) is 11.2. The maximum absolute atomic E-state index is 13.1. The second-order valence-electron chi connectivity index (χ2n) is 8.89. The number of hydrogen-bond acceptors (Lipinski definition) is 4. The third-order valence-electron chi connectivity index (χ3n) is 5.97. The first-order chi connectivity index (χ1) is 15.3. The van der Waals surface area contributed by atoms with Crippen LogP contribution < -0.4 is 0 Å². The van der Waals surface area contributed by atoms with Crippen LogP contribution in [0.5, 0.6) is 0 Å². The van der Waals surface area contributed by atoms with E-state index in [1.165, 1.54) is 11.1 Å². The largest absolute Gasteiger partial charge is 0.459 e. The van der Waals surface area contributed by atoms with Crippen molar-refractivity contribution in [3.63, 3.8) is 0 Å². The van der Waals surface area contributed by atoms with Gasteiger partial charge in [0, 0.05) is 24.8 Å². The Balaban J connectivity index is 1.94. The zero-order valence-corrected chi connectivity index (χ0v) is 19.7. The highest BCUT2D eigenvalue weighted by molar-refractivity contribution is 5.96. The van der Waals surface area contributed by atoms with Gasteiger partial charge in [-0.15, -0.1) is 0 Å². The van der Waals surface area contributed by atoms with Crippen LogP contribution in [0.3, 0.4) is 0 Å². The number of aryl methyl sites for hydroxylation is 2. The second-order valence-corrected chi connectivity index (χ2v) is 8.89. The van der Waals surface area contributed by atoms with Crippen LogP contribution in [-0.4, -0.2) is 47.7 Å². The predicted octanol–water partition coefficient (Wildman–Crippen LogP) is 5.40. The molecule has 0 unspecified atom stereocenters. The van der Waals surface area contributed by atoms with E-state index in [-0.39, 0.29) is 12.1 Å². The van der Waals surface area contributed by atoms with Gasteiger partial charge in [-0.1, -0.05) is 35.9 Å². The number of benzene rings is 1. The van der Waals surface area contributed by atoms with E-state index in [0.717, 1.165) is 46.7 Å². The van der Waals surface area contributed by atoms with E-state index in [1.807, 2.05) is 26.8 Å². The Morgan fingerprint density at radius 1 is 1.06 bits per heavy atom. The second kappa shape index (κ2) is 8.83. The standard InChI is InChI=1S/C27H32N2O3/c1-17(2)32-27(30)24-16-25-23(22-14-18(3)13-19(4)15-22)7-8-29(25)26(20(24)5)21(6)28-9-11-31-12-10-28/h7-8,13-17H,6,9-12H2,1-5H3. The summed E-state index contributed by atoms with van der Waals surface area (Å²) in [4.78, 5) is 15.3. The molecule has 1 aromatic carbocycles. The molecule has 0 saturated carbocycles. The molecule has 0 radical (unpaired) electrons. The molecule has 0 atom stereocenters. The molecule has 3 heterocycles. The number of nitrogens with zero attached hydrogens (tertiary/aromatic N) is 2. The number of hydrogen-bond donors (Lipinski definition) is 0. The van der Waals surface area contributed by atoms with Crippen molar-refractivity contribution in [1.29, 1.82) is 0 Å². The van der Waals surface area contributed by atoms with E-state index < -0.39 is 0 Å². The number of pyridine rings is 1. The number of rotatable bonds is 5. The summed E-state index contributed by atoms with van der Waals surface area (Å²) in [5.74, 6) is -0.302. The molecule has 0 N–H and O–H groups in total. The van der Waals surface area contributed by atoms with Gasteiger partial charge in [-0.3, -0.25) is 0 Å². The van der Waals surface area contributed by atoms with Gasteiger partial charge in [0.25, 0.3) is 0 Å². The number of esters is 1. The summed E-state index contributed by atoms with van der Waals surface area (Å²) < 4.78 is 13.3. The molecule has 0 aliphatic carbocycles. The molecule has 1 fully saturated rings. The summed E-state index contributed by atoms with van der Waals surface area (Å²) in [6.45, 7) is 17.3. The Hall–Kier alpha value is -3.05. The first-order valence-electron chi connectivity index (χ1n) is 11.2. The van der Waals surface area contributed by atoms with Crippen molar-refractivity contribution in [2.45, 2.75) is 40.7 Å². The van der Waals surface area contributed by atoms with Gasteiger partial charge in [-0.2, -0.15) is 0 Å². The summed E-state index contributed by atoms with van der Waals surface area (Å²) >= 11 is 0. The minimum atomic E-state index is -0.302. The highest BCUT2D eigenvalue weighted by Crippen LogP contribution is 2.34. The molecule has 32 heavy (non-hydrogen) atoms. The Morgan fingerprint density at radius 2 is 1.72 bits per heavy atom. The summed E-state index contributed by atoms with van der Waals surface area (Å²) in [7, 11) is 0. The van der Waals surface area contributed by atoms with Crippen LogP contribution in [-0.2, 0) is 9.47 Å². The van der Waals surface area contributed by atoms with E-state index in [0.29, 0.717) is 18.8 Å². The Morgan fingerprint density at radius 3 is 2.34 bits per heavy atom. The fourth-order valence-corrected chi connectivity index (χ4v) is 4.54. The van der Waals surface area contributed by atoms with Crippen molar-refractivity contribution in [2.24, 2.45) is 0 Å². The molecule has 1 aliphatic rings. The summed E-state index contributed by atoms with van der Waals surface area (Å²) in [5, 5.41) is 0. The van der Waals surface area contributed by atoms with Crippen LogP contribution >= 0.6 is 0 Å². The number of carbonyl (C=O) groups excluding carboxylic acids is 1. The molecule has 168 valence electrons. The van der Waals surface area contributed by atoms with Crippen LogP contribution in [0.15, 0.2) is 43.1 Å².